The van der Waals surface area contributed by atoms with Crippen molar-refractivity contribution in [2.24, 2.45) is 5.92 Å². The number of nitrogens with zero attached hydrogens (tertiary/aromatic N) is 1. The van der Waals surface area contributed by atoms with E-state index in [0.717, 1.165) is 10.9 Å². The zero-order valence-electron chi connectivity index (χ0n) is 10.8. The summed E-state index contributed by atoms with van der Waals surface area (Å²) in [5.41, 5.74) is 3.45. The number of halogens is 1. The highest BCUT2D eigenvalue weighted by atomic mass is 79.9. The molecule has 2 rings (SSSR count). The van der Waals surface area contributed by atoms with Gasteiger partial charge in [0.15, 0.2) is 0 Å². The van der Waals surface area contributed by atoms with Crippen LogP contribution in [0.1, 0.15) is 20.3 Å². The number of rotatable bonds is 3. The zero-order valence-corrected chi connectivity index (χ0v) is 12.4. The highest BCUT2D eigenvalue weighted by Crippen LogP contribution is 2.23. The highest BCUT2D eigenvalue weighted by Gasteiger charge is 2.34. The summed E-state index contributed by atoms with van der Waals surface area (Å²) in [7, 11) is 0. The smallest absolute Gasteiger partial charge is 0.267 e. The minimum absolute atomic E-state index is 0.203. The van der Waals surface area contributed by atoms with Crippen LogP contribution in [0.15, 0.2) is 40.4 Å². The molecule has 1 aliphatic rings. The quantitative estimate of drug-likeness (QED) is 0.687. The van der Waals surface area contributed by atoms with E-state index < -0.39 is 0 Å². The van der Waals surface area contributed by atoms with Crippen LogP contribution in [0, 0.1) is 5.92 Å². The average molecular weight is 323 g/mol. The first-order valence-electron chi connectivity index (χ1n) is 6.15. The number of amides is 2. The molecule has 1 heterocycles. The van der Waals surface area contributed by atoms with E-state index in [1.807, 2.05) is 26.0 Å². The van der Waals surface area contributed by atoms with Crippen molar-refractivity contribution in [3.05, 3.63) is 40.4 Å². The van der Waals surface area contributed by atoms with Gasteiger partial charge in [0.05, 0.1) is 5.69 Å². The van der Waals surface area contributed by atoms with Gasteiger partial charge in [-0.05, 0) is 30.2 Å². The first-order chi connectivity index (χ1) is 9.02. The molecule has 1 aromatic rings. The van der Waals surface area contributed by atoms with Crippen LogP contribution in [0.5, 0.6) is 0 Å². The Morgan fingerprint density at radius 1 is 1.32 bits per heavy atom. The van der Waals surface area contributed by atoms with Gasteiger partial charge in [0.2, 0.25) is 0 Å². The minimum atomic E-state index is -0.340. The number of anilines is 1. The molecule has 0 aromatic heterocycles. The second-order valence-corrected chi connectivity index (χ2v) is 5.44. The monoisotopic (exact) mass is 322 g/mol. The molecular formula is C14H15BrN2O2. The third-order valence-electron chi connectivity index (χ3n) is 3.07. The van der Waals surface area contributed by atoms with E-state index in [0.29, 0.717) is 5.69 Å². The van der Waals surface area contributed by atoms with Crippen molar-refractivity contribution in [1.29, 1.82) is 0 Å². The molecular weight excluding hydrogens is 308 g/mol. The van der Waals surface area contributed by atoms with Crippen LogP contribution in [0.25, 0.3) is 0 Å². The predicted octanol–water partition coefficient (Wildman–Crippen LogP) is 2.80. The molecule has 0 saturated carbocycles. The van der Waals surface area contributed by atoms with Crippen molar-refractivity contribution in [3.63, 3.8) is 0 Å². The Labute approximate surface area is 120 Å². The fraction of sp³-hybridized carbons (Fsp3) is 0.286. The lowest BCUT2D eigenvalue weighted by molar-refractivity contribution is -0.117. The van der Waals surface area contributed by atoms with E-state index in [1.54, 1.807) is 18.2 Å². The van der Waals surface area contributed by atoms with Crippen LogP contribution >= 0.6 is 15.9 Å². The summed E-state index contributed by atoms with van der Waals surface area (Å²) in [6.45, 7) is 4.00. The Balaban J connectivity index is 2.27. The Morgan fingerprint density at radius 3 is 2.53 bits per heavy atom. The third kappa shape index (κ3) is 2.87. The first kappa shape index (κ1) is 13.8. The highest BCUT2D eigenvalue weighted by molar-refractivity contribution is 9.10. The van der Waals surface area contributed by atoms with Gasteiger partial charge >= 0.3 is 0 Å². The van der Waals surface area contributed by atoms with Crippen LogP contribution < -0.4 is 10.4 Å². The fourth-order valence-electron chi connectivity index (χ4n) is 1.75. The summed E-state index contributed by atoms with van der Waals surface area (Å²) in [6.07, 6.45) is 2.62. The van der Waals surface area contributed by atoms with Gasteiger partial charge in [0.25, 0.3) is 11.8 Å². The van der Waals surface area contributed by atoms with E-state index >= 15 is 0 Å². The lowest BCUT2D eigenvalue weighted by Gasteiger charge is -2.14. The molecule has 0 bridgehead atoms. The van der Waals surface area contributed by atoms with Crippen molar-refractivity contribution >= 4 is 33.4 Å². The van der Waals surface area contributed by atoms with Crippen LogP contribution in [0.3, 0.4) is 0 Å². The normalized spacial score (nSPS) is 18.9. The molecule has 2 amide bonds. The largest absolute Gasteiger partial charge is 0.282 e. The summed E-state index contributed by atoms with van der Waals surface area (Å²) in [5.74, 6) is -0.435. The van der Waals surface area contributed by atoms with Gasteiger partial charge in [0.1, 0.15) is 5.57 Å². The Hall–Kier alpha value is -1.62. The van der Waals surface area contributed by atoms with E-state index in [9.17, 15) is 9.59 Å². The maximum atomic E-state index is 12.2. The molecule has 5 heteroatoms. The lowest BCUT2D eigenvalue weighted by Crippen LogP contribution is -2.35. The number of hydrogen-bond donors (Lipinski definition) is 1. The number of carbonyl (C=O) groups excluding carboxylic acids is 2. The predicted molar refractivity (Wildman–Crippen MR) is 77.3 cm³/mol. The minimum Gasteiger partial charge on any atom is -0.267 e. The van der Waals surface area contributed by atoms with Gasteiger partial charge in [-0.1, -0.05) is 42.3 Å². The van der Waals surface area contributed by atoms with Crippen LogP contribution in [0.4, 0.5) is 5.69 Å². The number of nitrogens with one attached hydrogen (secondary N) is 1. The van der Waals surface area contributed by atoms with E-state index in [1.165, 1.54) is 5.01 Å². The van der Waals surface area contributed by atoms with E-state index in [2.05, 4.69) is 21.4 Å². The molecule has 100 valence electrons. The topological polar surface area (TPSA) is 49.4 Å². The van der Waals surface area contributed by atoms with Crippen molar-refractivity contribution in [2.45, 2.75) is 20.3 Å². The molecule has 0 aliphatic carbocycles. The SMILES string of the molecule is CCC(C)/C=C1/C(=O)NN(c2ccc(Br)cc2)C1=O. The first-order valence-corrected chi connectivity index (χ1v) is 6.95. The molecule has 0 spiro atoms. The van der Waals surface area contributed by atoms with Gasteiger partial charge in [-0.2, -0.15) is 0 Å². The van der Waals surface area contributed by atoms with Gasteiger partial charge in [-0.3, -0.25) is 15.0 Å². The second-order valence-electron chi connectivity index (χ2n) is 4.52. The van der Waals surface area contributed by atoms with E-state index in [4.69, 9.17) is 0 Å². The summed E-state index contributed by atoms with van der Waals surface area (Å²) < 4.78 is 0.921. The summed E-state index contributed by atoms with van der Waals surface area (Å²) >= 11 is 3.33. The molecule has 4 nitrogen and oxygen atoms in total. The lowest BCUT2D eigenvalue weighted by atomic mass is 10.0. The molecule has 19 heavy (non-hydrogen) atoms. The number of hydrazine groups is 1. The molecule has 1 atom stereocenters. The summed E-state index contributed by atoms with van der Waals surface area (Å²) in [5, 5.41) is 1.28. The number of hydrogen-bond acceptors (Lipinski definition) is 2. The molecule has 1 N–H and O–H groups in total. The molecule has 1 unspecified atom stereocenters. The van der Waals surface area contributed by atoms with Crippen molar-refractivity contribution < 1.29 is 9.59 Å². The average Bonchev–Trinajstić information content (AvgIpc) is 2.67. The van der Waals surface area contributed by atoms with Gasteiger partial charge in [-0.15, -0.1) is 0 Å². The molecule has 1 aromatic carbocycles. The van der Waals surface area contributed by atoms with Crippen LogP contribution in [0.2, 0.25) is 0 Å². The summed E-state index contributed by atoms with van der Waals surface area (Å²) in [4.78, 5) is 24.1. The number of carbonyl (C=O) groups is 2. The third-order valence-corrected chi connectivity index (χ3v) is 3.60. The molecule has 1 saturated heterocycles. The Kier molecular flexibility index (Phi) is 4.04. The fourth-order valence-corrected chi connectivity index (χ4v) is 2.02. The van der Waals surface area contributed by atoms with Crippen molar-refractivity contribution in [1.82, 2.24) is 5.43 Å². The van der Waals surface area contributed by atoms with Crippen LogP contribution in [-0.2, 0) is 9.59 Å². The van der Waals surface area contributed by atoms with Gasteiger partial charge in [0, 0.05) is 4.47 Å². The van der Waals surface area contributed by atoms with Gasteiger partial charge < -0.3 is 0 Å². The molecule has 1 fully saturated rings. The summed E-state index contributed by atoms with van der Waals surface area (Å²) in [6, 6.07) is 7.19. The second kappa shape index (κ2) is 5.57. The number of benzene rings is 1. The molecule has 1 aliphatic heterocycles. The standard InChI is InChI=1S/C14H15BrN2O2/c1-3-9(2)8-12-13(18)16-17(14(12)19)11-6-4-10(15)5-7-11/h4-9H,3H2,1-2H3,(H,16,18)/b12-8-. The maximum absolute atomic E-state index is 12.2. The number of allylic oxidation sites excluding steroid dienone is 1. The van der Waals surface area contributed by atoms with Crippen molar-refractivity contribution in [2.75, 3.05) is 5.01 Å². The van der Waals surface area contributed by atoms with Crippen molar-refractivity contribution in [3.8, 4) is 0 Å². The van der Waals surface area contributed by atoms with E-state index in [-0.39, 0.29) is 23.3 Å². The maximum Gasteiger partial charge on any atom is 0.282 e. The zero-order chi connectivity index (χ0) is 14.0. The van der Waals surface area contributed by atoms with Crippen LogP contribution in [-0.4, -0.2) is 11.8 Å². The molecule has 0 radical (unpaired) electrons. The van der Waals surface area contributed by atoms with Gasteiger partial charge in [-0.25, -0.2) is 5.01 Å². The Bertz CT molecular complexity index is 537. The Morgan fingerprint density at radius 2 is 1.95 bits per heavy atom.